The van der Waals surface area contributed by atoms with Gasteiger partial charge in [-0.2, -0.15) is 0 Å². The van der Waals surface area contributed by atoms with Crippen molar-refractivity contribution in [2.75, 3.05) is 45.2 Å². The molecule has 1 aromatic rings. The topological polar surface area (TPSA) is 15.7 Å². The van der Waals surface area contributed by atoms with Gasteiger partial charge in [-0.05, 0) is 25.2 Å². The summed E-state index contributed by atoms with van der Waals surface area (Å²) in [6, 6.07) is 6.07. The molecule has 4 heteroatoms. The number of nitrogens with zero attached hydrogens (tertiary/aromatic N) is 2. The number of anilines is 1. The standard InChI is InChI=1S/C12H18N2OS/c1-13-5-7-14(8-6-13)11-4-3-10(16)9-12(11)15-2/h3-4,9,16H,5-8H2,1-2H3. The van der Waals surface area contributed by atoms with Crippen LogP contribution in [0.1, 0.15) is 0 Å². The maximum absolute atomic E-state index is 5.40. The highest BCUT2D eigenvalue weighted by Gasteiger charge is 2.17. The van der Waals surface area contributed by atoms with Gasteiger partial charge in [0, 0.05) is 31.1 Å². The third-order valence-corrected chi connectivity index (χ3v) is 3.29. The SMILES string of the molecule is COc1cc(S)ccc1N1CCN(C)CC1. The van der Waals surface area contributed by atoms with Crippen molar-refractivity contribution in [1.82, 2.24) is 4.90 Å². The summed E-state index contributed by atoms with van der Waals surface area (Å²) in [5.41, 5.74) is 1.17. The Morgan fingerprint density at radius 1 is 1.19 bits per heavy atom. The van der Waals surface area contributed by atoms with Crippen LogP contribution in [0.3, 0.4) is 0 Å². The second kappa shape index (κ2) is 4.97. The number of benzene rings is 1. The highest BCUT2D eigenvalue weighted by Crippen LogP contribution is 2.30. The Hall–Kier alpha value is -0.870. The lowest BCUT2D eigenvalue weighted by Gasteiger charge is -2.34. The molecule has 0 N–H and O–H groups in total. The fraction of sp³-hybridized carbons (Fsp3) is 0.500. The molecule has 1 saturated heterocycles. The number of thiol groups is 1. The van der Waals surface area contributed by atoms with Gasteiger partial charge in [0.2, 0.25) is 0 Å². The molecule has 0 unspecified atom stereocenters. The average molecular weight is 238 g/mol. The summed E-state index contributed by atoms with van der Waals surface area (Å²) in [7, 11) is 3.87. The fourth-order valence-corrected chi connectivity index (χ4v) is 2.17. The van der Waals surface area contributed by atoms with Crippen LogP contribution in [-0.4, -0.2) is 45.2 Å². The van der Waals surface area contributed by atoms with Gasteiger partial charge in [-0.25, -0.2) is 0 Å². The summed E-state index contributed by atoms with van der Waals surface area (Å²) in [6.45, 7) is 4.31. The van der Waals surface area contributed by atoms with E-state index in [1.807, 2.05) is 12.1 Å². The second-order valence-electron chi connectivity index (χ2n) is 4.15. The van der Waals surface area contributed by atoms with Crippen LogP contribution >= 0.6 is 12.6 Å². The molecule has 1 aliphatic heterocycles. The van der Waals surface area contributed by atoms with E-state index in [1.165, 1.54) is 5.69 Å². The van der Waals surface area contributed by atoms with E-state index in [0.717, 1.165) is 36.8 Å². The maximum atomic E-state index is 5.40. The second-order valence-corrected chi connectivity index (χ2v) is 4.66. The monoisotopic (exact) mass is 238 g/mol. The predicted octanol–water partition coefficient (Wildman–Crippen LogP) is 1.74. The quantitative estimate of drug-likeness (QED) is 0.790. The molecule has 16 heavy (non-hydrogen) atoms. The Labute approximate surface area is 102 Å². The molecule has 0 atom stereocenters. The minimum absolute atomic E-state index is 0.914. The van der Waals surface area contributed by atoms with Crippen molar-refractivity contribution in [2.24, 2.45) is 0 Å². The first-order valence-electron chi connectivity index (χ1n) is 5.51. The number of likely N-dealkylation sites (N-methyl/N-ethyl adjacent to an activating group) is 1. The number of rotatable bonds is 2. The summed E-state index contributed by atoms with van der Waals surface area (Å²) < 4.78 is 5.40. The molecule has 1 heterocycles. The van der Waals surface area contributed by atoms with E-state index in [1.54, 1.807) is 7.11 Å². The number of piperazine rings is 1. The van der Waals surface area contributed by atoms with Crippen molar-refractivity contribution in [3.63, 3.8) is 0 Å². The van der Waals surface area contributed by atoms with E-state index in [2.05, 4.69) is 35.5 Å². The van der Waals surface area contributed by atoms with Gasteiger partial charge in [-0.15, -0.1) is 12.6 Å². The van der Waals surface area contributed by atoms with Crippen LogP contribution in [0.25, 0.3) is 0 Å². The van der Waals surface area contributed by atoms with E-state index < -0.39 is 0 Å². The molecule has 0 amide bonds. The molecule has 2 rings (SSSR count). The van der Waals surface area contributed by atoms with Gasteiger partial charge in [0.05, 0.1) is 12.8 Å². The van der Waals surface area contributed by atoms with Crippen LogP contribution in [0.4, 0.5) is 5.69 Å². The van der Waals surface area contributed by atoms with Gasteiger partial charge < -0.3 is 14.5 Å². The zero-order valence-electron chi connectivity index (χ0n) is 9.81. The van der Waals surface area contributed by atoms with E-state index >= 15 is 0 Å². The third kappa shape index (κ3) is 2.44. The van der Waals surface area contributed by atoms with E-state index in [9.17, 15) is 0 Å². The van der Waals surface area contributed by atoms with E-state index in [-0.39, 0.29) is 0 Å². The number of hydrogen-bond donors (Lipinski definition) is 1. The Bertz CT molecular complexity index is 362. The summed E-state index contributed by atoms with van der Waals surface area (Å²) in [5.74, 6) is 0.914. The Kier molecular flexibility index (Phi) is 3.61. The lowest BCUT2D eigenvalue weighted by atomic mass is 10.2. The molecule has 0 saturated carbocycles. The lowest BCUT2D eigenvalue weighted by Crippen LogP contribution is -2.44. The van der Waals surface area contributed by atoms with Gasteiger partial charge in [-0.3, -0.25) is 0 Å². The molecule has 88 valence electrons. The van der Waals surface area contributed by atoms with Crippen molar-refractivity contribution < 1.29 is 4.74 Å². The first kappa shape index (κ1) is 11.6. The average Bonchev–Trinajstić information content (AvgIpc) is 2.30. The molecule has 0 bridgehead atoms. The van der Waals surface area contributed by atoms with Crippen molar-refractivity contribution in [2.45, 2.75) is 4.90 Å². The van der Waals surface area contributed by atoms with Gasteiger partial charge >= 0.3 is 0 Å². The van der Waals surface area contributed by atoms with Crippen LogP contribution < -0.4 is 9.64 Å². The summed E-state index contributed by atoms with van der Waals surface area (Å²) >= 11 is 4.33. The van der Waals surface area contributed by atoms with Crippen molar-refractivity contribution in [3.05, 3.63) is 18.2 Å². The Balaban J connectivity index is 2.19. The zero-order valence-corrected chi connectivity index (χ0v) is 10.7. The molecule has 0 spiro atoms. The van der Waals surface area contributed by atoms with Gasteiger partial charge in [0.15, 0.2) is 0 Å². The predicted molar refractivity (Wildman–Crippen MR) is 70.0 cm³/mol. The summed E-state index contributed by atoms with van der Waals surface area (Å²) in [4.78, 5) is 5.65. The number of ether oxygens (including phenoxy) is 1. The smallest absolute Gasteiger partial charge is 0.143 e. The van der Waals surface area contributed by atoms with Gasteiger partial charge in [-0.1, -0.05) is 0 Å². The maximum Gasteiger partial charge on any atom is 0.143 e. The first-order chi connectivity index (χ1) is 7.70. The number of hydrogen-bond acceptors (Lipinski definition) is 4. The lowest BCUT2D eigenvalue weighted by molar-refractivity contribution is 0.311. The largest absolute Gasteiger partial charge is 0.495 e. The molecular formula is C12H18N2OS. The molecule has 0 aromatic heterocycles. The molecule has 0 radical (unpaired) electrons. The minimum Gasteiger partial charge on any atom is -0.495 e. The van der Waals surface area contributed by atoms with Crippen molar-refractivity contribution in [1.29, 1.82) is 0 Å². The highest BCUT2D eigenvalue weighted by molar-refractivity contribution is 7.80. The van der Waals surface area contributed by atoms with Gasteiger partial charge in [0.25, 0.3) is 0 Å². The first-order valence-corrected chi connectivity index (χ1v) is 5.96. The molecular weight excluding hydrogens is 220 g/mol. The molecule has 1 aromatic carbocycles. The molecule has 0 aliphatic carbocycles. The van der Waals surface area contributed by atoms with Gasteiger partial charge in [0.1, 0.15) is 5.75 Å². The van der Waals surface area contributed by atoms with Crippen LogP contribution in [0.2, 0.25) is 0 Å². The van der Waals surface area contributed by atoms with E-state index in [0.29, 0.717) is 0 Å². The molecule has 3 nitrogen and oxygen atoms in total. The van der Waals surface area contributed by atoms with Crippen molar-refractivity contribution in [3.8, 4) is 5.75 Å². The van der Waals surface area contributed by atoms with Crippen molar-refractivity contribution >= 4 is 18.3 Å². The molecule has 1 aliphatic rings. The zero-order chi connectivity index (χ0) is 11.5. The Morgan fingerprint density at radius 3 is 2.50 bits per heavy atom. The third-order valence-electron chi connectivity index (χ3n) is 3.01. The minimum atomic E-state index is 0.914. The van der Waals surface area contributed by atoms with Crippen LogP contribution in [-0.2, 0) is 0 Å². The highest BCUT2D eigenvalue weighted by atomic mass is 32.1. The fourth-order valence-electron chi connectivity index (χ4n) is 1.97. The van der Waals surface area contributed by atoms with E-state index in [4.69, 9.17) is 4.74 Å². The Morgan fingerprint density at radius 2 is 1.88 bits per heavy atom. The van der Waals surface area contributed by atoms with Crippen LogP contribution in [0.5, 0.6) is 5.75 Å². The van der Waals surface area contributed by atoms with Crippen LogP contribution in [0.15, 0.2) is 23.1 Å². The normalized spacial score (nSPS) is 17.6. The molecule has 1 fully saturated rings. The number of methoxy groups -OCH3 is 1. The summed E-state index contributed by atoms with van der Waals surface area (Å²) in [6.07, 6.45) is 0. The van der Waals surface area contributed by atoms with Crippen LogP contribution in [0, 0.1) is 0 Å². The summed E-state index contributed by atoms with van der Waals surface area (Å²) in [5, 5.41) is 0.